The Morgan fingerprint density at radius 1 is 1.04 bits per heavy atom. The molecule has 2 amide bonds. The normalized spacial score (nSPS) is 10.4. The lowest BCUT2D eigenvalue weighted by molar-refractivity contribution is -0.114. The van der Waals surface area contributed by atoms with Crippen LogP contribution < -0.4 is 10.6 Å². The molecule has 0 saturated carbocycles. The molecule has 7 heteroatoms. The van der Waals surface area contributed by atoms with Gasteiger partial charge in [-0.2, -0.15) is 5.10 Å². The first-order valence-corrected chi connectivity index (χ1v) is 8.61. The van der Waals surface area contributed by atoms with Crippen molar-refractivity contribution in [2.75, 3.05) is 16.4 Å². The molecule has 0 aliphatic rings. The second kappa shape index (κ2) is 7.76. The highest BCUT2D eigenvalue weighted by Gasteiger charge is 2.08. The summed E-state index contributed by atoms with van der Waals surface area (Å²) in [6, 6.07) is 14.8. The van der Waals surface area contributed by atoms with Gasteiger partial charge in [-0.25, -0.2) is 0 Å². The molecule has 0 bridgehead atoms. The molecule has 0 saturated heterocycles. The van der Waals surface area contributed by atoms with Gasteiger partial charge in [-0.15, -0.1) is 5.10 Å². The molecule has 2 N–H and O–H groups in total. The van der Waals surface area contributed by atoms with E-state index >= 15 is 0 Å². The molecule has 0 aliphatic carbocycles. The van der Waals surface area contributed by atoms with Gasteiger partial charge in [0.2, 0.25) is 11.8 Å². The Kier molecular flexibility index (Phi) is 5.25. The third-order valence-corrected chi connectivity index (χ3v) is 4.32. The van der Waals surface area contributed by atoms with Crippen molar-refractivity contribution in [1.29, 1.82) is 0 Å². The van der Waals surface area contributed by atoms with Gasteiger partial charge in [0.1, 0.15) is 5.03 Å². The Labute approximate surface area is 149 Å². The lowest BCUT2D eigenvalue weighted by Gasteiger charge is -2.08. The number of nitrogens with zero attached hydrogens (tertiary/aromatic N) is 2. The summed E-state index contributed by atoms with van der Waals surface area (Å²) >= 11 is 1.34. The molecule has 0 unspecified atom stereocenters. The van der Waals surface area contributed by atoms with Gasteiger partial charge in [-0.1, -0.05) is 42.1 Å². The van der Waals surface area contributed by atoms with Gasteiger partial charge in [0.15, 0.2) is 0 Å². The molecule has 3 rings (SSSR count). The van der Waals surface area contributed by atoms with Crippen LogP contribution >= 0.6 is 11.8 Å². The summed E-state index contributed by atoms with van der Waals surface area (Å²) < 4.78 is 0. The molecule has 0 spiro atoms. The van der Waals surface area contributed by atoms with Crippen LogP contribution in [0.4, 0.5) is 11.4 Å². The van der Waals surface area contributed by atoms with Crippen molar-refractivity contribution in [3.8, 4) is 0 Å². The molecule has 0 fully saturated rings. The third-order valence-electron chi connectivity index (χ3n) is 3.34. The summed E-state index contributed by atoms with van der Waals surface area (Å²) in [7, 11) is 0. The molecule has 0 atom stereocenters. The Morgan fingerprint density at radius 3 is 2.60 bits per heavy atom. The highest BCUT2D eigenvalue weighted by atomic mass is 32.2. The van der Waals surface area contributed by atoms with Crippen LogP contribution in [-0.2, 0) is 9.59 Å². The summed E-state index contributed by atoms with van der Waals surface area (Å²) in [5, 5.41) is 16.3. The summed E-state index contributed by atoms with van der Waals surface area (Å²) in [4.78, 5) is 23.3. The number of aromatic nitrogens is 2. The number of hydrogen-bond donors (Lipinski definition) is 2. The van der Waals surface area contributed by atoms with Gasteiger partial charge in [0.25, 0.3) is 0 Å². The zero-order chi connectivity index (χ0) is 17.6. The van der Waals surface area contributed by atoms with E-state index in [1.807, 2.05) is 24.3 Å². The van der Waals surface area contributed by atoms with Gasteiger partial charge in [0.05, 0.1) is 11.9 Å². The van der Waals surface area contributed by atoms with E-state index in [9.17, 15) is 9.59 Å². The average molecular weight is 352 g/mol. The maximum Gasteiger partial charge on any atom is 0.234 e. The van der Waals surface area contributed by atoms with Crippen molar-refractivity contribution < 1.29 is 9.59 Å². The van der Waals surface area contributed by atoms with Crippen LogP contribution in [0.5, 0.6) is 0 Å². The number of thioether (sulfide) groups is 1. The van der Waals surface area contributed by atoms with Crippen molar-refractivity contribution in [2.24, 2.45) is 0 Å². The minimum atomic E-state index is -0.159. The number of hydrogen-bond acceptors (Lipinski definition) is 5. The number of carbonyl (C=O) groups excluding carboxylic acids is 2. The monoisotopic (exact) mass is 352 g/mol. The van der Waals surface area contributed by atoms with Gasteiger partial charge in [-0.3, -0.25) is 9.59 Å². The number of rotatable bonds is 5. The van der Waals surface area contributed by atoms with Gasteiger partial charge < -0.3 is 10.6 Å². The average Bonchev–Trinajstić information content (AvgIpc) is 2.59. The Bertz CT molecular complexity index is 924. The maximum atomic E-state index is 12.2. The lowest BCUT2D eigenvalue weighted by atomic mass is 10.2. The first-order valence-electron chi connectivity index (χ1n) is 7.62. The summed E-state index contributed by atoms with van der Waals surface area (Å²) in [5.41, 5.74) is 1.26. The molecule has 1 aromatic heterocycles. The zero-order valence-corrected chi connectivity index (χ0v) is 14.3. The fourth-order valence-corrected chi connectivity index (χ4v) is 3.10. The Hall–Kier alpha value is -2.93. The van der Waals surface area contributed by atoms with Gasteiger partial charge in [-0.05, 0) is 18.2 Å². The van der Waals surface area contributed by atoms with Crippen molar-refractivity contribution in [3.05, 3.63) is 54.7 Å². The summed E-state index contributed by atoms with van der Waals surface area (Å²) in [6.07, 6.45) is 1.70. The third kappa shape index (κ3) is 4.54. The molecule has 3 aromatic rings. The van der Waals surface area contributed by atoms with Crippen molar-refractivity contribution in [3.63, 3.8) is 0 Å². The van der Waals surface area contributed by atoms with Crippen LogP contribution in [0.1, 0.15) is 6.92 Å². The molecule has 25 heavy (non-hydrogen) atoms. The number of fused-ring (bicyclic) bond motifs is 1. The molecule has 126 valence electrons. The van der Waals surface area contributed by atoms with E-state index in [2.05, 4.69) is 20.8 Å². The van der Waals surface area contributed by atoms with Crippen LogP contribution in [0.25, 0.3) is 10.8 Å². The number of amides is 2. The summed E-state index contributed by atoms with van der Waals surface area (Å²) in [6.45, 7) is 1.44. The number of nitrogens with one attached hydrogen (secondary N) is 2. The van der Waals surface area contributed by atoms with Gasteiger partial charge >= 0.3 is 0 Å². The second-order valence-electron chi connectivity index (χ2n) is 5.34. The SMILES string of the molecule is CC(=O)Nc1cccc(NC(=O)CSc2nncc3ccccc23)c1. The highest BCUT2D eigenvalue weighted by molar-refractivity contribution is 8.00. The van der Waals surface area contributed by atoms with E-state index in [0.717, 1.165) is 15.8 Å². The van der Waals surface area contributed by atoms with Gasteiger partial charge in [0, 0.05) is 29.1 Å². The Morgan fingerprint density at radius 2 is 1.80 bits per heavy atom. The minimum Gasteiger partial charge on any atom is -0.326 e. The zero-order valence-electron chi connectivity index (χ0n) is 13.5. The molecule has 0 radical (unpaired) electrons. The van der Waals surface area contributed by atoms with Crippen LogP contribution in [0, 0.1) is 0 Å². The van der Waals surface area contributed by atoms with Crippen LogP contribution in [0.2, 0.25) is 0 Å². The summed E-state index contributed by atoms with van der Waals surface area (Å²) in [5.74, 6) is -0.0965. The molecular weight excluding hydrogens is 336 g/mol. The maximum absolute atomic E-state index is 12.2. The minimum absolute atomic E-state index is 0.153. The van der Waals surface area contributed by atoms with E-state index in [4.69, 9.17) is 0 Å². The smallest absolute Gasteiger partial charge is 0.234 e. The molecule has 2 aromatic carbocycles. The first-order chi connectivity index (χ1) is 12.1. The molecule has 0 aliphatic heterocycles. The van der Waals surface area contributed by atoms with Crippen molar-refractivity contribution in [1.82, 2.24) is 10.2 Å². The highest BCUT2D eigenvalue weighted by Crippen LogP contribution is 2.24. The quantitative estimate of drug-likeness (QED) is 0.688. The molecule has 6 nitrogen and oxygen atoms in total. The fraction of sp³-hybridized carbons (Fsp3) is 0.111. The van der Waals surface area contributed by atoms with Crippen LogP contribution in [0.15, 0.2) is 59.8 Å². The van der Waals surface area contributed by atoms with Crippen LogP contribution in [0.3, 0.4) is 0 Å². The predicted molar refractivity (Wildman–Crippen MR) is 99.6 cm³/mol. The lowest BCUT2D eigenvalue weighted by Crippen LogP contribution is -2.14. The number of benzene rings is 2. The van der Waals surface area contributed by atoms with E-state index in [-0.39, 0.29) is 17.6 Å². The Balaban J connectivity index is 1.64. The first kappa shape index (κ1) is 16.9. The number of carbonyl (C=O) groups is 2. The predicted octanol–water partition coefficient (Wildman–Crippen LogP) is 3.32. The topological polar surface area (TPSA) is 84.0 Å². The van der Waals surface area contributed by atoms with E-state index in [1.165, 1.54) is 18.7 Å². The standard InChI is InChI=1S/C18H16N4O2S/c1-12(23)20-14-6-4-7-15(9-14)21-17(24)11-25-18-16-8-3-2-5-13(16)10-19-22-18/h2-10H,11H2,1H3,(H,20,23)(H,21,24). The largest absolute Gasteiger partial charge is 0.326 e. The van der Waals surface area contributed by atoms with E-state index in [1.54, 1.807) is 30.5 Å². The fourth-order valence-electron chi connectivity index (χ4n) is 2.32. The molecular formula is C18H16N4O2S. The van der Waals surface area contributed by atoms with Crippen molar-refractivity contribution >= 4 is 45.7 Å². The number of anilines is 2. The van der Waals surface area contributed by atoms with Crippen molar-refractivity contribution in [2.45, 2.75) is 11.9 Å². The van der Waals surface area contributed by atoms with E-state index < -0.39 is 0 Å². The van der Waals surface area contributed by atoms with Crippen LogP contribution in [-0.4, -0.2) is 27.8 Å². The second-order valence-corrected chi connectivity index (χ2v) is 6.30. The van der Waals surface area contributed by atoms with E-state index in [0.29, 0.717) is 11.4 Å². The molecule has 1 heterocycles.